The normalized spacial score (nSPS) is 22.1. The van der Waals surface area contributed by atoms with Crippen molar-refractivity contribution in [3.8, 4) is 0 Å². The van der Waals surface area contributed by atoms with Crippen molar-refractivity contribution >= 4 is 0 Å². The molecule has 0 spiro atoms. The zero-order valence-corrected chi connectivity index (χ0v) is 11.3. The zero-order chi connectivity index (χ0) is 12.2. The van der Waals surface area contributed by atoms with Crippen LogP contribution in [0.25, 0.3) is 0 Å². The molecule has 0 aromatic rings. The van der Waals surface area contributed by atoms with Gasteiger partial charge in [-0.1, -0.05) is 6.92 Å². The van der Waals surface area contributed by atoms with E-state index in [9.17, 15) is 5.11 Å². The Labute approximate surface area is 100 Å². The van der Waals surface area contributed by atoms with Crippen molar-refractivity contribution < 1.29 is 5.11 Å². The van der Waals surface area contributed by atoms with Gasteiger partial charge in [0.05, 0.1) is 6.61 Å². The molecule has 3 heteroatoms. The molecular formula is C13H28N2O. The average molecular weight is 228 g/mol. The Morgan fingerprint density at radius 3 is 2.50 bits per heavy atom. The minimum Gasteiger partial charge on any atom is -0.394 e. The number of likely N-dealkylation sites (N-methyl/N-ethyl adjacent to an activating group) is 1. The number of aliphatic hydroxyl groups is 1. The summed E-state index contributed by atoms with van der Waals surface area (Å²) in [6.07, 6.45) is 3.82. The maximum absolute atomic E-state index is 9.40. The van der Waals surface area contributed by atoms with Gasteiger partial charge in [0.25, 0.3) is 0 Å². The fraction of sp³-hybridized carbons (Fsp3) is 1.00. The molecule has 0 saturated heterocycles. The zero-order valence-electron chi connectivity index (χ0n) is 11.3. The summed E-state index contributed by atoms with van der Waals surface area (Å²) in [7, 11) is 1.93. The van der Waals surface area contributed by atoms with Crippen LogP contribution in [0.3, 0.4) is 0 Å². The van der Waals surface area contributed by atoms with E-state index in [0.717, 1.165) is 18.9 Å². The van der Waals surface area contributed by atoms with Crippen LogP contribution in [0.1, 0.15) is 40.0 Å². The first-order valence-electron chi connectivity index (χ1n) is 6.58. The third kappa shape index (κ3) is 4.04. The van der Waals surface area contributed by atoms with Crippen LogP contribution in [0.5, 0.6) is 0 Å². The first kappa shape index (κ1) is 13.9. The lowest BCUT2D eigenvalue weighted by molar-refractivity contribution is 0.119. The molecule has 1 aliphatic rings. The molecule has 1 aliphatic carbocycles. The van der Waals surface area contributed by atoms with Crippen molar-refractivity contribution in [3.05, 3.63) is 0 Å². The molecule has 0 aromatic heterocycles. The standard InChI is InChI=1S/C13H28N2O/c1-5-15(9-12-6-7-12)11(2)8-13(3,10-16)14-4/h11-12,14,16H,5-10H2,1-4H3. The SMILES string of the molecule is CCN(CC1CC1)C(C)CC(C)(CO)NC. The molecule has 0 aliphatic heterocycles. The molecule has 3 nitrogen and oxygen atoms in total. The summed E-state index contributed by atoms with van der Waals surface area (Å²) < 4.78 is 0. The largest absolute Gasteiger partial charge is 0.394 e. The Bertz CT molecular complexity index is 200. The van der Waals surface area contributed by atoms with Gasteiger partial charge in [0.2, 0.25) is 0 Å². The Balaban J connectivity index is 2.43. The van der Waals surface area contributed by atoms with Crippen molar-refractivity contribution in [1.29, 1.82) is 0 Å². The first-order chi connectivity index (χ1) is 7.54. The quantitative estimate of drug-likeness (QED) is 0.660. The third-order valence-corrected chi connectivity index (χ3v) is 3.92. The van der Waals surface area contributed by atoms with Crippen molar-refractivity contribution in [1.82, 2.24) is 10.2 Å². The molecule has 2 atom stereocenters. The van der Waals surface area contributed by atoms with Crippen molar-refractivity contribution in [3.63, 3.8) is 0 Å². The molecule has 1 fully saturated rings. The van der Waals surface area contributed by atoms with Crippen LogP contribution in [0.4, 0.5) is 0 Å². The average Bonchev–Trinajstić information content (AvgIpc) is 3.09. The summed E-state index contributed by atoms with van der Waals surface area (Å²) in [5.74, 6) is 0.942. The van der Waals surface area contributed by atoms with Crippen LogP contribution in [0.2, 0.25) is 0 Å². The molecule has 2 N–H and O–H groups in total. The van der Waals surface area contributed by atoms with Crippen molar-refractivity contribution in [2.24, 2.45) is 5.92 Å². The van der Waals surface area contributed by atoms with E-state index in [1.165, 1.54) is 19.4 Å². The molecule has 0 aromatic carbocycles. The number of aliphatic hydroxyl groups excluding tert-OH is 1. The lowest BCUT2D eigenvalue weighted by atomic mass is 9.94. The highest BCUT2D eigenvalue weighted by Gasteiger charge is 2.29. The minimum atomic E-state index is -0.142. The summed E-state index contributed by atoms with van der Waals surface area (Å²) >= 11 is 0. The topological polar surface area (TPSA) is 35.5 Å². The van der Waals surface area contributed by atoms with Crippen LogP contribution in [0.15, 0.2) is 0 Å². The van der Waals surface area contributed by atoms with E-state index in [-0.39, 0.29) is 12.1 Å². The first-order valence-corrected chi connectivity index (χ1v) is 6.58. The van der Waals surface area contributed by atoms with Crippen LogP contribution in [-0.2, 0) is 0 Å². The molecule has 2 unspecified atom stereocenters. The number of rotatable bonds is 8. The van der Waals surface area contributed by atoms with E-state index < -0.39 is 0 Å². The van der Waals surface area contributed by atoms with Crippen LogP contribution in [0, 0.1) is 5.92 Å². The van der Waals surface area contributed by atoms with Crippen LogP contribution in [-0.4, -0.2) is 48.3 Å². The van der Waals surface area contributed by atoms with Crippen LogP contribution >= 0.6 is 0 Å². The Morgan fingerprint density at radius 2 is 2.12 bits per heavy atom. The number of nitrogens with one attached hydrogen (secondary N) is 1. The second-order valence-electron chi connectivity index (χ2n) is 5.55. The summed E-state index contributed by atoms with van der Waals surface area (Å²) in [6, 6.07) is 0.537. The molecule has 96 valence electrons. The van der Waals surface area contributed by atoms with Gasteiger partial charge >= 0.3 is 0 Å². The van der Waals surface area contributed by atoms with E-state index in [4.69, 9.17) is 0 Å². The highest BCUT2D eigenvalue weighted by Crippen LogP contribution is 2.30. The van der Waals surface area contributed by atoms with E-state index in [0.29, 0.717) is 6.04 Å². The molecule has 0 radical (unpaired) electrons. The smallest absolute Gasteiger partial charge is 0.0611 e. The second kappa shape index (κ2) is 5.99. The Hall–Kier alpha value is -0.120. The highest BCUT2D eigenvalue weighted by atomic mass is 16.3. The van der Waals surface area contributed by atoms with Gasteiger partial charge in [0.15, 0.2) is 0 Å². The van der Waals surface area contributed by atoms with Crippen molar-refractivity contribution in [2.45, 2.75) is 51.6 Å². The summed E-state index contributed by atoms with van der Waals surface area (Å²) in [4.78, 5) is 2.54. The van der Waals surface area contributed by atoms with Gasteiger partial charge < -0.3 is 15.3 Å². The maximum atomic E-state index is 9.40. The molecule has 0 heterocycles. The van der Waals surface area contributed by atoms with E-state index >= 15 is 0 Å². The number of hydrogen-bond acceptors (Lipinski definition) is 3. The predicted molar refractivity (Wildman–Crippen MR) is 68.6 cm³/mol. The van der Waals surface area contributed by atoms with E-state index in [1.807, 2.05) is 7.05 Å². The summed E-state index contributed by atoms with van der Waals surface area (Å²) in [6.45, 7) is 9.15. The molecule has 0 amide bonds. The molecule has 1 saturated carbocycles. The lowest BCUT2D eigenvalue weighted by Crippen LogP contribution is -2.49. The third-order valence-electron chi connectivity index (χ3n) is 3.92. The Kier molecular flexibility index (Phi) is 5.22. The van der Waals surface area contributed by atoms with Gasteiger partial charge in [-0.25, -0.2) is 0 Å². The van der Waals surface area contributed by atoms with Crippen LogP contribution < -0.4 is 5.32 Å². The van der Waals surface area contributed by atoms with Gasteiger partial charge in [-0.05, 0) is 52.6 Å². The summed E-state index contributed by atoms with van der Waals surface area (Å²) in [5, 5.41) is 12.6. The number of nitrogens with zero attached hydrogens (tertiary/aromatic N) is 1. The van der Waals surface area contributed by atoms with E-state index in [2.05, 4.69) is 31.0 Å². The lowest BCUT2D eigenvalue weighted by Gasteiger charge is -2.35. The predicted octanol–water partition coefficient (Wildman–Crippen LogP) is 1.47. The van der Waals surface area contributed by atoms with Gasteiger partial charge in [0, 0.05) is 18.1 Å². The fourth-order valence-electron chi connectivity index (χ4n) is 2.28. The van der Waals surface area contributed by atoms with Gasteiger partial charge in [0.1, 0.15) is 0 Å². The minimum absolute atomic E-state index is 0.142. The van der Waals surface area contributed by atoms with Gasteiger partial charge in [-0.15, -0.1) is 0 Å². The number of hydrogen-bond donors (Lipinski definition) is 2. The molecule has 1 rings (SSSR count). The highest BCUT2D eigenvalue weighted by molar-refractivity contribution is 4.87. The molecular weight excluding hydrogens is 200 g/mol. The molecule has 0 bridgehead atoms. The van der Waals surface area contributed by atoms with Gasteiger partial charge in [-0.3, -0.25) is 0 Å². The summed E-state index contributed by atoms with van der Waals surface area (Å²) in [5.41, 5.74) is -0.142. The Morgan fingerprint density at radius 1 is 1.50 bits per heavy atom. The van der Waals surface area contributed by atoms with Gasteiger partial charge in [-0.2, -0.15) is 0 Å². The monoisotopic (exact) mass is 228 g/mol. The van der Waals surface area contributed by atoms with E-state index in [1.54, 1.807) is 0 Å². The maximum Gasteiger partial charge on any atom is 0.0611 e. The second-order valence-corrected chi connectivity index (χ2v) is 5.55. The molecule has 16 heavy (non-hydrogen) atoms. The fourth-order valence-corrected chi connectivity index (χ4v) is 2.28. The van der Waals surface area contributed by atoms with Crippen molar-refractivity contribution in [2.75, 3.05) is 26.7 Å².